The van der Waals surface area contributed by atoms with Crippen molar-refractivity contribution >= 4 is 11.6 Å². The Hall–Kier alpha value is -1.85. The highest BCUT2D eigenvalue weighted by molar-refractivity contribution is 5.94. The van der Waals surface area contributed by atoms with Crippen LogP contribution in [0.25, 0.3) is 0 Å². The van der Waals surface area contributed by atoms with E-state index in [1.807, 2.05) is 6.92 Å². The van der Waals surface area contributed by atoms with Crippen molar-refractivity contribution in [2.45, 2.75) is 19.8 Å². The van der Waals surface area contributed by atoms with E-state index in [2.05, 4.69) is 10.3 Å². The molecule has 1 aromatic heterocycles. The molecule has 0 aliphatic carbocycles. The molecule has 1 aliphatic heterocycles. The van der Waals surface area contributed by atoms with E-state index in [9.17, 15) is 4.79 Å². The lowest BCUT2D eigenvalue weighted by Crippen LogP contribution is -2.39. The van der Waals surface area contributed by atoms with Crippen LogP contribution in [0.5, 0.6) is 0 Å². The van der Waals surface area contributed by atoms with Crippen LogP contribution in [0.3, 0.4) is 0 Å². The first kappa shape index (κ1) is 11.6. The topological polar surface area (TPSA) is 70.7 Å². The maximum atomic E-state index is 12.2. The van der Waals surface area contributed by atoms with Gasteiger partial charge < -0.3 is 10.1 Å². The largest absolute Gasteiger partial charge is 0.411 e. The van der Waals surface area contributed by atoms with Gasteiger partial charge in [-0.25, -0.2) is 0 Å². The minimum Gasteiger partial charge on any atom is -0.411 e. The van der Waals surface area contributed by atoms with E-state index in [4.69, 9.17) is 5.21 Å². The standard InChI is InChI=1S/C11H16N4O2/c1-8-7-10(14(2)12-8)11(16)15-5-3-9(13-17)4-6-15/h7,17H,3-6H2,1-2H3. The van der Waals surface area contributed by atoms with Crippen molar-refractivity contribution in [3.05, 3.63) is 17.5 Å². The molecule has 17 heavy (non-hydrogen) atoms. The zero-order valence-corrected chi connectivity index (χ0v) is 10.1. The fourth-order valence-corrected chi connectivity index (χ4v) is 2.04. The van der Waals surface area contributed by atoms with Gasteiger partial charge in [0.15, 0.2) is 0 Å². The van der Waals surface area contributed by atoms with Crippen molar-refractivity contribution in [3.63, 3.8) is 0 Å². The molecule has 1 aliphatic rings. The van der Waals surface area contributed by atoms with E-state index in [1.165, 1.54) is 0 Å². The van der Waals surface area contributed by atoms with Crippen molar-refractivity contribution < 1.29 is 10.0 Å². The first-order chi connectivity index (χ1) is 8.11. The summed E-state index contributed by atoms with van der Waals surface area (Å²) in [5, 5.41) is 16.0. The molecule has 0 aromatic carbocycles. The van der Waals surface area contributed by atoms with E-state index in [1.54, 1.807) is 22.7 Å². The monoisotopic (exact) mass is 236 g/mol. The van der Waals surface area contributed by atoms with Gasteiger partial charge in [0.2, 0.25) is 0 Å². The van der Waals surface area contributed by atoms with Crippen LogP contribution in [0, 0.1) is 6.92 Å². The van der Waals surface area contributed by atoms with Gasteiger partial charge in [-0.3, -0.25) is 9.48 Å². The second-order valence-electron chi connectivity index (χ2n) is 4.25. The summed E-state index contributed by atoms with van der Waals surface area (Å²) in [4.78, 5) is 14.0. The zero-order valence-electron chi connectivity index (χ0n) is 10.1. The van der Waals surface area contributed by atoms with Gasteiger partial charge in [0, 0.05) is 33.0 Å². The third-order valence-electron chi connectivity index (χ3n) is 2.99. The average Bonchev–Trinajstić information content (AvgIpc) is 2.68. The number of hydrogen-bond acceptors (Lipinski definition) is 4. The predicted molar refractivity (Wildman–Crippen MR) is 62.3 cm³/mol. The first-order valence-electron chi connectivity index (χ1n) is 5.61. The van der Waals surface area contributed by atoms with Crippen molar-refractivity contribution in [3.8, 4) is 0 Å². The molecule has 0 unspecified atom stereocenters. The van der Waals surface area contributed by atoms with E-state index in [0.717, 1.165) is 11.4 Å². The summed E-state index contributed by atoms with van der Waals surface area (Å²) in [6, 6.07) is 1.79. The second-order valence-corrected chi connectivity index (χ2v) is 4.25. The number of likely N-dealkylation sites (tertiary alicyclic amines) is 1. The summed E-state index contributed by atoms with van der Waals surface area (Å²) in [6.07, 6.45) is 1.28. The Balaban J connectivity index is 2.09. The lowest BCUT2D eigenvalue weighted by Gasteiger charge is -2.26. The third kappa shape index (κ3) is 2.30. The Morgan fingerprint density at radius 3 is 2.59 bits per heavy atom. The smallest absolute Gasteiger partial charge is 0.272 e. The number of aromatic nitrogens is 2. The number of rotatable bonds is 1. The van der Waals surface area contributed by atoms with Gasteiger partial charge in [-0.1, -0.05) is 5.16 Å². The second kappa shape index (κ2) is 4.57. The molecule has 1 N–H and O–H groups in total. The van der Waals surface area contributed by atoms with Crippen LogP contribution in [0.4, 0.5) is 0 Å². The molecule has 1 aromatic rings. The van der Waals surface area contributed by atoms with Gasteiger partial charge in [0.25, 0.3) is 5.91 Å². The number of carbonyl (C=O) groups is 1. The predicted octanol–water partition coefficient (Wildman–Crippen LogP) is 0.795. The number of amides is 1. The Kier molecular flexibility index (Phi) is 3.12. The Morgan fingerprint density at radius 1 is 1.47 bits per heavy atom. The van der Waals surface area contributed by atoms with Crippen molar-refractivity contribution in [2.75, 3.05) is 13.1 Å². The minimum atomic E-state index is -0.00918. The van der Waals surface area contributed by atoms with Crippen molar-refractivity contribution in [1.29, 1.82) is 0 Å². The number of carbonyl (C=O) groups excluding carboxylic acids is 1. The van der Waals surface area contributed by atoms with Gasteiger partial charge >= 0.3 is 0 Å². The fraction of sp³-hybridized carbons (Fsp3) is 0.545. The van der Waals surface area contributed by atoms with Crippen LogP contribution in [0.15, 0.2) is 11.2 Å². The van der Waals surface area contributed by atoms with E-state index >= 15 is 0 Å². The molecule has 1 amide bonds. The lowest BCUT2D eigenvalue weighted by molar-refractivity contribution is 0.0742. The molecular formula is C11H16N4O2. The van der Waals surface area contributed by atoms with Crippen LogP contribution in [-0.4, -0.2) is 44.6 Å². The van der Waals surface area contributed by atoms with E-state index in [0.29, 0.717) is 31.6 Å². The maximum Gasteiger partial charge on any atom is 0.272 e. The Bertz CT molecular complexity index is 454. The molecule has 2 heterocycles. The number of oxime groups is 1. The molecular weight excluding hydrogens is 220 g/mol. The molecule has 92 valence electrons. The minimum absolute atomic E-state index is 0.00918. The SMILES string of the molecule is Cc1cc(C(=O)N2CCC(=NO)CC2)n(C)n1. The van der Waals surface area contributed by atoms with E-state index in [-0.39, 0.29) is 5.91 Å². The number of hydrogen-bond donors (Lipinski definition) is 1. The molecule has 1 fully saturated rings. The summed E-state index contributed by atoms with van der Waals surface area (Å²) >= 11 is 0. The molecule has 2 rings (SSSR count). The Morgan fingerprint density at radius 2 is 2.12 bits per heavy atom. The molecule has 6 nitrogen and oxygen atoms in total. The molecule has 0 radical (unpaired) electrons. The van der Waals surface area contributed by atoms with Crippen LogP contribution in [0.2, 0.25) is 0 Å². The van der Waals surface area contributed by atoms with Gasteiger partial charge in [-0.05, 0) is 13.0 Å². The molecule has 0 saturated carbocycles. The van der Waals surface area contributed by atoms with Gasteiger partial charge in [-0.15, -0.1) is 0 Å². The maximum absolute atomic E-state index is 12.2. The van der Waals surface area contributed by atoms with Crippen LogP contribution in [0.1, 0.15) is 29.0 Å². The summed E-state index contributed by atoms with van der Waals surface area (Å²) in [5.74, 6) is -0.00918. The summed E-state index contributed by atoms with van der Waals surface area (Å²) in [7, 11) is 1.77. The van der Waals surface area contributed by atoms with Crippen LogP contribution >= 0.6 is 0 Å². The summed E-state index contributed by atoms with van der Waals surface area (Å²) in [6.45, 7) is 3.06. The number of nitrogens with zero attached hydrogens (tertiary/aromatic N) is 4. The molecule has 0 spiro atoms. The highest BCUT2D eigenvalue weighted by Crippen LogP contribution is 2.12. The van der Waals surface area contributed by atoms with Crippen molar-refractivity contribution in [2.24, 2.45) is 12.2 Å². The summed E-state index contributed by atoms with van der Waals surface area (Å²) < 4.78 is 1.60. The summed E-state index contributed by atoms with van der Waals surface area (Å²) in [5.41, 5.74) is 2.20. The van der Waals surface area contributed by atoms with Crippen molar-refractivity contribution in [1.82, 2.24) is 14.7 Å². The fourth-order valence-electron chi connectivity index (χ4n) is 2.04. The quantitative estimate of drug-likeness (QED) is 0.579. The number of aryl methyl sites for hydroxylation is 2. The highest BCUT2D eigenvalue weighted by atomic mass is 16.4. The van der Waals surface area contributed by atoms with Gasteiger partial charge in [0.05, 0.1) is 11.4 Å². The normalized spacial score (nSPS) is 16.1. The molecule has 0 bridgehead atoms. The van der Waals surface area contributed by atoms with Crippen LogP contribution < -0.4 is 0 Å². The van der Waals surface area contributed by atoms with Gasteiger partial charge in [0.1, 0.15) is 5.69 Å². The Labute approximate surface area is 99.5 Å². The first-order valence-corrected chi connectivity index (χ1v) is 5.61. The number of piperidine rings is 1. The third-order valence-corrected chi connectivity index (χ3v) is 2.99. The molecule has 6 heteroatoms. The van der Waals surface area contributed by atoms with Crippen LogP contribution in [-0.2, 0) is 7.05 Å². The lowest BCUT2D eigenvalue weighted by atomic mass is 10.1. The zero-order chi connectivity index (χ0) is 12.4. The average molecular weight is 236 g/mol. The molecule has 1 saturated heterocycles. The van der Waals surface area contributed by atoms with E-state index < -0.39 is 0 Å². The highest BCUT2D eigenvalue weighted by Gasteiger charge is 2.23. The van der Waals surface area contributed by atoms with Gasteiger partial charge in [-0.2, -0.15) is 5.10 Å². The molecule has 0 atom stereocenters.